The standard InChI is InChI=1S/C11H14O3S/c1-4-11(15(3,12)13)9-5-7-10(14-2)8-6-9/h4-8,11H,1H2,2-3H3/t11-/m0/s1. The van der Waals surface area contributed by atoms with Crippen LogP contribution >= 0.6 is 0 Å². The van der Waals surface area contributed by atoms with E-state index in [1.807, 2.05) is 0 Å². The van der Waals surface area contributed by atoms with E-state index in [1.54, 1.807) is 31.4 Å². The molecule has 0 aromatic heterocycles. The predicted molar refractivity (Wildman–Crippen MR) is 60.8 cm³/mol. The van der Waals surface area contributed by atoms with Gasteiger partial charge >= 0.3 is 0 Å². The predicted octanol–water partition coefficient (Wildman–Crippen LogP) is 1.97. The highest BCUT2D eigenvalue weighted by Crippen LogP contribution is 2.24. The van der Waals surface area contributed by atoms with Crippen molar-refractivity contribution < 1.29 is 13.2 Å². The van der Waals surface area contributed by atoms with Gasteiger partial charge in [0, 0.05) is 6.26 Å². The van der Waals surface area contributed by atoms with Gasteiger partial charge in [-0.3, -0.25) is 0 Å². The lowest BCUT2D eigenvalue weighted by atomic mass is 10.1. The van der Waals surface area contributed by atoms with Crippen molar-refractivity contribution >= 4 is 9.84 Å². The molecule has 0 aliphatic heterocycles. The largest absolute Gasteiger partial charge is 0.497 e. The van der Waals surface area contributed by atoms with E-state index in [0.29, 0.717) is 11.3 Å². The summed E-state index contributed by atoms with van der Waals surface area (Å²) in [5.41, 5.74) is 0.702. The molecule has 1 aromatic carbocycles. The van der Waals surface area contributed by atoms with Crippen LogP contribution < -0.4 is 4.74 Å². The summed E-state index contributed by atoms with van der Waals surface area (Å²) in [5.74, 6) is 0.704. The van der Waals surface area contributed by atoms with Gasteiger partial charge in [-0.2, -0.15) is 0 Å². The Morgan fingerprint density at radius 3 is 2.20 bits per heavy atom. The molecule has 15 heavy (non-hydrogen) atoms. The molecule has 0 saturated heterocycles. The van der Waals surface area contributed by atoms with E-state index in [0.717, 1.165) is 0 Å². The second-order valence-corrected chi connectivity index (χ2v) is 5.43. The van der Waals surface area contributed by atoms with Crippen LogP contribution in [0.25, 0.3) is 0 Å². The minimum absolute atomic E-state index is 0.650. The smallest absolute Gasteiger partial charge is 0.158 e. The summed E-state index contributed by atoms with van der Waals surface area (Å²) in [4.78, 5) is 0. The van der Waals surface area contributed by atoms with Crippen molar-refractivity contribution in [3.63, 3.8) is 0 Å². The zero-order chi connectivity index (χ0) is 11.5. The first-order chi connectivity index (χ1) is 6.99. The van der Waals surface area contributed by atoms with Gasteiger partial charge < -0.3 is 4.74 Å². The second kappa shape index (κ2) is 4.49. The maximum absolute atomic E-state index is 11.4. The third-order valence-corrected chi connectivity index (χ3v) is 3.51. The van der Waals surface area contributed by atoms with E-state index >= 15 is 0 Å². The van der Waals surface area contributed by atoms with Gasteiger partial charge in [0.2, 0.25) is 0 Å². The van der Waals surface area contributed by atoms with Crippen LogP contribution in [0.15, 0.2) is 36.9 Å². The molecule has 4 heteroatoms. The number of rotatable bonds is 4. The molecule has 0 saturated carbocycles. The Balaban J connectivity index is 3.09. The van der Waals surface area contributed by atoms with E-state index in [-0.39, 0.29) is 0 Å². The Morgan fingerprint density at radius 1 is 1.33 bits per heavy atom. The summed E-state index contributed by atoms with van der Waals surface area (Å²) in [7, 11) is -1.58. The molecule has 0 unspecified atom stereocenters. The molecule has 0 aliphatic carbocycles. The summed E-state index contributed by atoms with van der Waals surface area (Å²) < 4.78 is 27.8. The van der Waals surface area contributed by atoms with Crippen LogP contribution in [0.2, 0.25) is 0 Å². The van der Waals surface area contributed by atoms with Gasteiger partial charge in [0.25, 0.3) is 0 Å². The van der Waals surface area contributed by atoms with Gasteiger partial charge in [0.1, 0.15) is 11.0 Å². The highest BCUT2D eigenvalue weighted by atomic mass is 32.2. The molecule has 0 aliphatic rings. The van der Waals surface area contributed by atoms with E-state index < -0.39 is 15.1 Å². The average molecular weight is 226 g/mol. The Labute approximate surface area is 90.3 Å². The van der Waals surface area contributed by atoms with Crippen LogP contribution in [0, 0.1) is 0 Å². The molecule has 0 radical (unpaired) electrons. The lowest BCUT2D eigenvalue weighted by Gasteiger charge is -2.11. The molecular weight excluding hydrogens is 212 g/mol. The fourth-order valence-electron chi connectivity index (χ4n) is 1.35. The highest BCUT2D eigenvalue weighted by Gasteiger charge is 2.18. The molecule has 3 nitrogen and oxygen atoms in total. The van der Waals surface area contributed by atoms with Crippen LogP contribution in [-0.2, 0) is 9.84 Å². The van der Waals surface area contributed by atoms with Crippen molar-refractivity contribution in [3.05, 3.63) is 42.5 Å². The number of benzene rings is 1. The summed E-state index contributed by atoms with van der Waals surface area (Å²) in [6.45, 7) is 3.54. The summed E-state index contributed by atoms with van der Waals surface area (Å²) >= 11 is 0. The van der Waals surface area contributed by atoms with Gasteiger partial charge in [-0.15, -0.1) is 6.58 Å². The Hall–Kier alpha value is -1.29. The molecule has 0 heterocycles. The quantitative estimate of drug-likeness (QED) is 0.737. The third kappa shape index (κ3) is 2.83. The van der Waals surface area contributed by atoms with Crippen LogP contribution in [0.5, 0.6) is 5.75 Å². The fourth-order valence-corrected chi connectivity index (χ4v) is 2.35. The van der Waals surface area contributed by atoms with Crippen LogP contribution in [-0.4, -0.2) is 21.8 Å². The summed E-state index contributed by atoms with van der Waals surface area (Å²) in [6, 6.07) is 6.92. The van der Waals surface area contributed by atoms with Gasteiger partial charge in [-0.25, -0.2) is 8.42 Å². The molecule has 0 bridgehead atoms. The van der Waals surface area contributed by atoms with Crippen molar-refractivity contribution in [2.24, 2.45) is 0 Å². The van der Waals surface area contributed by atoms with Crippen LogP contribution in [0.3, 0.4) is 0 Å². The Morgan fingerprint density at radius 2 is 1.87 bits per heavy atom. The first kappa shape index (κ1) is 11.8. The summed E-state index contributed by atoms with van der Waals surface area (Å²) in [5, 5.41) is -0.650. The van der Waals surface area contributed by atoms with E-state index in [4.69, 9.17) is 4.74 Å². The van der Waals surface area contributed by atoms with E-state index in [1.165, 1.54) is 12.3 Å². The first-order valence-electron chi connectivity index (χ1n) is 4.44. The maximum Gasteiger partial charge on any atom is 0.158 e. The third-order valence-electron chi connectivity index (χ3n) is 2.12. The number of hydrogen-bond donors (Lipinski definition) is 0. The molecule has 0 amide bonds. The zero-order valence-electron chi connectivity index (χ0n) is 8.80. The van der Waals surface area contributed by atoms with Gasteiger partial charge in [-0.05, 0) is 17.7 Å². The van der Waals surface area contributed by atoms with Crippen molar-refractivity contribution in [2.45, 2.75) is 5.25 Å². The fraction of sp³-hybridized carbons (Fsp3) is 0.273. The van der Waals surface area contributed by atoms with Crippen molar-refractivity contribution in [3.8, 4) is 5.75 Å². The first-order valence-corrected chi connectivity index (χ1v) is 6.40. The average Bonchev–Trinajstić information content (AvgIpc) is 2.18. The van der Waals surface area contributed by atoms with Gasteiger partial charge in [0.15, 0.2) is 9.84 Å². The van der Waals surface area contributed by atoms with Crippen molar-refractivity contribution in [1.82, 2.24) is 0 Å². The molecule has 0 N–H and O–H groups in total. The van der Waals surface area contributed by atoms with Gasteiger partial charge in [0.05, 0.1) is 7.11 Å². The molecule has 1 rings (SSSR count). The lowest BCUT2D eigenvalue weighted by molar-refractivity contribution is 0.414. The molecule has 0 spiro atoms. The van der Waals surface area contributed by atoms with Crippen LogP contribution in [0.1, 0.15) is 10.8 Å². The van der Waals surface area contributed by atoms with Crippen molar-refractivity contribution in [1.29, 1.82) is 0 Å². The lowest BCUT2D eigenvalue weighted by Crippen LogP contribution is -2.08. The SMILES string of the molecule is C=C[C@@H](c1ccc(OC)cc1)S(C)(=O)=O. The number of sulfone groups is 1. The molecule has 1 atom stereocenters. The van der Waals surface area contributed by atoms with E-state index in [9.17, 15) is 8.42 Å². The topological polar surface area (TPSA) is 43.4 Å². The summed E-state index contributed by atoms with van der Waals surface area (Å²) in [6.07, 6.45) is 2.63. The minimum Gasteiger partial charge on any atom is -0.497 e. The molecule has 82 valence electrons. The molecule has 0 fully saturated rings. The monoisotopic (exact) mass is 226 g/mol. The highest BCUT2D eigenvalue weighted by molar-refractivity contribution is 7.91. The Kier molecular flexibility index (Phi) is 3.52. The number of ether oxygens (including phenoxy) is 1. The van der Waals surface area contributed by atoms with Gasteiger partial charge in [-0.1, -0.05) is 18.2 Å². The normalized spacial score (nSPS) is 13.2. The Bertz CT molecular complexity index is 431. The number of hydrogen-bond acceptors (Lipinski definition) is 3. The maximum atomic E-state index is 11.4. The minimum atomic E-state index is -3.15. The molecular formula is C11H14O3S. The van der Waals surface area contributed by atoms with Crippen molar-refractivity contribution in [2.75, 3.05) is 13.4 Å². The second-order valence-electron chi connectivity index (χ2n) is 3.26. The van der Waals surface area contributed by atoms with E-state index in [2.05, 4.69) is 6.58 Å². The number of methoxy groups -OCH3 is 1. The van der Waals surface area contributed by atoms with Crippen LogP contribution in [0.4, 0.5) is 0 Å². The molecule has 1 aromatic rings. The zero-order valence-corrected chi connectivity index (χ0v) is 9.62.